The highest BCUT2D eigenvalue weighted by Gasteiger charge is 2.32. The van der Waals surface area contributed by atoms with Gasteiger partial charge < -0.3 is 0 Å². The second-order valence-corrected chi connectivity index (χ2v) is 9.96. The molecule has 0 bridgehead atoms. The molecule has 1 atom stereocenters. The van der Waals surface area contributed by atoms with Crippen molar-refractivity contribution in [3.05, 3.63) is 131 Å². The number of nitrogens with zero attached hydrogens (tertiary/aromatic N) is 2. The molecule has 0 radical (unpaired) electrons. The Balaban J connectivity index is 1.64. The fourth-order valence-corrected chi connectivity index (χ4v) is 5.99. The molecule has 4 aromatic rings. The second-order valence-electron chi connectivity index (χ2n) is 8.55. The fourth-order valence-electron chi connectivity index (χ4n) is 4.80. The highest BCUT2D eigenvalue weighted by atomic mass is 35.5. The Kier molecular flexibility index (Phi) is 4.93. The maximum atomic E-state index is 13.7. The van der Waals surface area contributed by atoms with Gasteiger partial charge in [0.2, 0.25) is 0 Å². The zero-order chi connectivity index (χ0) is 22.5. The molecule has 33 heavy (non-hydrogen) atoms. The summed E-state index contributed by atoms with van der Waals surface area (Å²) in [6, 6.07) is 24.4. The molecule has 2 aliphatic rings. The van der Waals surface area contributed by atoms with E-state index in [2.05, 4.69) is 55.5 Å². The van der Waals surface area contributed by atoms with Crippen LogP contribution in [0.4, 0.5) is 0 Å². The van der Waals surface area contributed by atoms with Gasteiger partial charge in [0, 0.05) is 10.6 Å². The van der Waals surface area contributed by atoms with Gasteiger partial charge in [0.1, 0.15) is 0 Å². The van der Waals surface area contributed by atoms with E-state index in [4.69, 9.17) is 16.6 Å². The van der Waals surface area contributed by atoms with Crippen LogP contribution in [0.3, 0.4) is 0 Å². The molecule has 0 unspecified atom stereocenters. The van der Waals surface area contributed by atoms with E-state index >= 15 is 0 Å². The van der Waals surface area contributed by atoms with Gasteiger partial charge in [0.25, 0.3) is 5.56 Å². The Labute approximate surface area is 200 Å². The topological polar surface area (TPSA) is 34.4 Å². The predicted octanol–water partition coefficient (Wildman–Crippen LogP) is 5.28. The van der Waals surface area contributed by atoms with Crippen LogP contribution in [0, 0.1) is 6.92 Å². The average molecular weight is 469 g/mol. The Bertz CT molecular complexity index is 1610. The first-order chi connectivity index (χ1) is 16.1. The first-order valence-corrected chi connectivity index (χ1v) is 12.2. The van der Waals surface area contributed by atoms with Crippen LogP contribution < -0.4 is 14.9 Å². The molecule has 0 saturated carbocycles. The number of fused-ring (bicyclic) bond motifs is 3. The van der Waals surface area contributed by atoms with E-state index in [0.29, 0.717) is 9.55 Å². The predicted molar refractivity (Wildman–Crippen MR) is 135 cm³/mol. The van der Waals surface area contributed by atoms with Gasteiger partial charge in [-0.15, -0.1) is 0 Å². The van der Waals surface area contributed by atoms with Crippen LogP contribution in [0.1, 0.15) is 40.3 Å². The van der Waals surface area contributed by atoms with Crippen molar-refractivity contribution in [1.29, 1.82) is 0 Å². The quantitative estimate of drug-likeness (QED) is 0.394. The Morgan fingerprint density at radius 1 is 1.00 bits per heavy atom. The standard InChI is InChI=1S/C28H21ClN2OS/c1-17-10-12-19(13-11-17)26-22-15-14-18-6-2-4-8-21(18)25(22)30-28-31(26)27(32)24(33-28)16-20-7-3-5-9-23(20)29/h2-13,16,26H,14-15H2,1H3/t26-/m1/s1. The van der Waals surface area contributed by atoms with Gasteiger partial charge in [0.15, 0.2) is 4.80 Å². The molecule has 0 fully saturated rings. The van der Waals surface area contributed by atoms with E-state index in [1.54, 1.807) is 0 Å². The molecule has 0 N–H and O–H groups in total. The van der Waals surface area contributed by atoms with Crippen molar-refractivity contribution in [1.82, 2.24) is 4.57 Å². The third kappa shape index (κ3) is 3.41. The summed E-state index contributed by atoms with van der Waals surface area (Å²) >= 11 is 7.81. The molecular weight excluding hydrogens is 448 g/mol. The van der Waals surface area contributed by atoms with Gasteiger partial charge >= 0.3 is 0 Å². The molecule has 3 aromatic carbocycles. The summed E-state index contributed by atoms with van der Waals surface area (Å²) < 4.78 is 2.53. The zero-order valence-corrected chi connectivity index (χ0v) is 19.7. The van der Waals surface area contributed by atoms with Crippen LogP contribution in [0.5, 0.6) is 0 Å². The van der Waals surface area contributed by atoms with E-state index in [0.717, 1.165) is 34.5 Å². The van der Waals surface area contributed by atoms with E-state index in [9.17, 15) is 4.79 Å². The average Bonchev–Trinajstić information content (AvgIpc) is 3.14. The lowest BCUT2D eigenvalue weighted by molar-refractivity contribution is 0.585. The highest BCUT2D eigenvalue weighted by Crippen LogP contribution is 2.41. The van der Waals surface area contributed by atoms with Crippen molar-refractivity contribution in [2.75, 3.05) is 0 Å². The molecule has 3 nitrogen and oxygen atoms in total. The number of aryl methyl sites for hydroxylation is 2. The number of hydrogen-bond acceptors (Lipinski definition) is 3. The number of benzene rings is 3. The van der Waals surface area contributed by atoms with Gasteiger partial charge in [-0.1, -0.05) is 95.2 Å². The number of rotatable bonds is 2. The van der Waals surface area contributed by atoms with Crippen LogP contribution in [0.15, 0.2) is 88.2 Å². The van der Waals surface area contributed by atoms with Crippen molar-refractivity contribution in [3.8, 4) is 0 Å². The molecule has 1 aromatic heterocycles. The summed E-state index contributed by atoms with van der Waals surface area (Å²) in [5.74, 6) is 0. The maximum Gasteiger partial charge on any atom is 0.271 e. The van der Waals surface area contributed by atoms with Gasteiger partial charge in [-0.05, 0) is 54.2 Å². The van der Waals surface area contributed by atoms with Crippen molar-refractivity contribution in [2.45, 2.75) is 25.8 Å². The number of hydrogen-bond donors (Lipinski definition) is 0. The second kappa shape index (κ2) is 7.98. The molecule has 162 valence electrons. The summed E-state index contributed by atoms with van der Waals surface area (Å²) in [6.45, 7) is 2.08. The van der Waals surface area contributed by atoms with E-state index in [-0.39, 0.29) is 11.6 Å². The van der Waals surface area contributed by atoms with Gasteiger partial charge in [-0.3, -0.25) is 9.36 Å². The van der Waals surface area contributed by atoms with Gasteiger partial charge in [-0.25, -0.2) is 4.99 Å². The normalized spacial score (nSPS) is 17.3. The lowest BCUT2D eigenvalue weighted by atomic mass is 9.83. The molecule has 0 spiro atoms. The number of aromatic nitrogens is 1. The maximum absolute atomic E-state index is 13.7. The first kappa shape index (κ1) is 20.4. The smallest absolute Gasteiger partial charge is 0.271 e. The minimum Gasteiger partial charge on any atom is -0.272 e. The van der Waals surface area contributed by atoms with Crippen molar-refractivity contribution < 1.29 is 0 Å². The van der Waals surface area contributed by atoms with Crippen molar-refractivity contribution in [2.24, 2.45) is 4.99 Å². The number of allylic oxidation sites excluding steroid dienone is 1. The Morgan fingerprint density at radius 3 is 2.58 bits per heavy atom. The first-order valence-electron chi connectivity index (χ1n) is 11.0. The number of thiazole rings is 1. The van der Waals surface area contributed by atoms with E-state index < -0.39 is 0 Å². The molecule has 6 rings (SSSR count). The van der Waals surface area contributed by atoms with Crippen LogP contribution in [0.2, 0.25) is 5.02 Å². The molecule has 0 saturated heterocycles. The third-order valence-electron chi connectivity index (χ3n) is 6.46. The van der Waals surface area contributed by atoms with Crippen molar-refractivity contribution in [3.63, 3.8) is 0 Å². The van der Waals surface area contributed by atoms with E-state index in [1.807, 2.05) is 34.9 Å². The molecular formula is C28H21ClN2OS. The Morgan fingerprint density at radius 2 is 1.76 bits per heavy atom. The zero-order valence-electron chi connectivity index (χ0n) is 18.1. The summed E-state index contributed by atoms with van der Waals surface area (Å²) in [5.41, 5.74) is 7.88. The van der Waals surface area contributed by atoms with Crippen LogP contribution >= 0.6 is 22.9 Å². The molecule has 0 amide bonds. The monoisotopic (exact) mass is 468 g/mol. The minimum absolute atomic E-state index is 0.0188. The number of halogens is 1. The van der Waals surface area contributed by atoms with Crippen LogP contribution in [-0.2, 0) is 6.42 Å². The molecule has 5 heteroatoms. The molecule has 2 heterocycles. The summed E-state index contributed by atoms with van der Waals surface area (Å²) in [6.07, 6.45) is 3.73. The molecule has 1 aliphatic heterocycles. The largest absolute Gasteiger partial charge is 0.272 e. The SMILES string of the molecule is Cc1ccc([C@@H]2C3=C(N=c4sc(=Cc5ccccc5Cl)c(=O)n42)c2ccccc2CC3)cc1. The van der Waals surface area contributed by atoms with Crippen molar-refractivity contribution >= 4 is 34.7 Å². The summed E-state index contributed by atoms with van der Waals surface area (Å²) in [4.78, 5) is 19.5. The van der Waals surface area contributed by atoms with Gasteiger partial charge in [-0.2, -0.15) is 0 Å². The fraction of sp³-hybridized carbons (Fsp3) is 0.143. The lowest BCUT2D eigenvalue weighted by Crippen LogP contribution is -2.38. The van der Waals surface area contributed by atoms with Crippen LogP contribution in [0.25, 0.3) is 11.8 Å². The Hall–Kier alpha value is -3.21. The van der Waals surface area contributed by atoms with Crippen LogP contribution in [-0.4, -0.2) is 4.57 Å². The van der Waals surface area contributed by atoms with Gasteiger partial charge in [0.05, 0.1) is 16.3 Å². The molecule has 1 aliphatic carbocycles. The minimum atomic E-state index is -0.154. The summed E-state index contributed by atoms with van der Waals surface area (Å²) in [7, 11) is 0. The third-order valence-corrected chi connectivity index (χ3v) is 7.79. The summed E-state index contributed by atoms with van der Waals surface area (Å²) in [5, 5.41) is 0.631. The lowest BCUT2D eigenvalue weighted by Gasteiger charge is -2.30. The van der Waals surface area contributed by atoms with E-state index in [1.165, 1.54) is 33.6 Å². The highest BCUT2D eigenvalue weighted by molar-refractivity contribution is 7.07.